The molecule has 0 amide bonds. The van der Waals surface area contributed by atoms with E-state index < -0.39 is 6.10 Å². The minimum Gasteiger partial charge on any atom is -0.388 e. The highest BCUT2D eigenvalue weighted by atomic mass is 31.1. The first-order valence-electron chi connectivity index (χ1n) is 25.7. The molecule has 0 saturated heterocycles. The molecule has 11 atom stereocenters. The quantitative estimate of drug-likeness (QED) is 0.0710. The number of rotatable bonds is 21. The summed E-state index contributed by atoms with van der Waals surface area (Å²) in [5, 5.41) is 13.1. The van der Waals surface area contributed by atoms with Crippen molar-refractivity contribution in [3.8, 4) is 0 Å². The average Bonchev–Trinajstić information content (AvgIpc) is 4.11. The van der Waals surface area contributed by atoms with Gasteiger partial charge in [-0.25, -0.2) is 0 Å². The van der Waals surface area contributed by atoms with Gasteiger partial charge in [0.15, 0.2) is 0 Å². The summed E-state index contributed by atoms with van der Waals surface area (Å²) < 4.78 is 8.48. The molecule has 0 aromatic heterocycles. The molecule has 0 bridgehead atoms. The smallest absolute Gasteiger partial charge is 0.106 e. The van der Waals surface area contributed by atoms with Gasteiger partial charge in [-0.2, -0.15) is 5.06 Å². The molecule has 0 heterocycles. The summed E-state index contributed by atoms with van der Waals surface area (Å²) in [4.78, 5) is 6.28. The second-order valence-electron chi connectivity index (χ2n) is 21.0. The van der Waals surface area contributed by atoms with E-state index in [1.165, 1.54) is 161 Å². The number of hydroxylamine groups is 2. The van der Waals surface area contributed by atoms with Crippen molar-refractivity contribution in [2.75, 3.05) is 13.7 Å². The Bertz CT molecular complexity index is 990. The third-order valence-electron chi connectivity index (χ3n) is 15.3. The minimum absolute atomic E-state index is 0.252. The molecule has 3 fully saturated rings. The molecule has 1 N–H and O–H groups in total. The van der Waals surface area contributed by atoms with Crippen LogP contribution in [0.3, 0.4) is 0 Å². The molecule has 0 aliphatic heterocycles. The molecule has 57 heavy (non-hydrogen) atoms. The fourth-order valence-electron chi connectivity index (χ4n) is 11.3. The van der Waals surface area contributed by atoms with Gasteiger partial charge in [0.1, 0.15) is 6.10 Å². The second kappa shape index (κ2) is 28.8. The van der Waals surface area contributed by atoms with Gasteiger partial charge in [-0.05, 0) is 114 Å². The van der Waals surface area contributed by atoms with E-state index in [-0.39, 0.29) is 15.1 Å². The Morgan fingerprint density at radius 2 is 1.18 bits per heavy atom. The molecule has 3 aliphatic rings. The summed E-state index contributed by atoms with van der Waals surface area (Å²) in [5.74, 6) is 5.87. The molecule has 0 radical (unpaired) electrons. The normalized spacial score (nSPS) is 30.1. The van der Waals surface area contributed by atoms with Crippen molar-refractivity contribution in [1.82, 2.24) is 9.73 Å². The van der Waals surface area contributed by atoms with Gasteiger partial charge in [-0.1, -0.05) is 169 Å². The molecule has 6 heteroatoms. The van der Waals surface area contributed by atoms with E-state index in [2.05, 4.69) is 72.2 Å². The zero-order chi connectivity index (χ0) is 41.6. The number of nitrogens with zero attached hydrogens (tertiary/aromatic N) is 2. The first kappa shape index (κ1) is 51.6. The van der Waals surface area contributed by atoms with Crippen LogP contribution in [0.1, 0.15) is 242 Å². The van der Waals surface area contributed by atoms with E-state index in [1.54, 1.807) is 19.3 Å². The van der Waals surface area contributed by atoms with Gasteiger partial charge in [0.2, 0.25) is 0 Å². The molecule has 3 saturated carbocycles. The number of fused-ring (bicyclic) bond motifs is 2. The van der Waals surface area contributed by atoms with Crippen molar-refractivity contribution in [2.45, 2.75) is 272 Å². The van der Waals surface area contributed by atoms with Crippen LogP contribution in [0, 0.1) is 40.9 Å². The van der Waals surface area contributed by atoms with Crippen molar-refractivity contribution >= 4 is 8.96 Å². The van der Waals surface area contributed by atoms with Crippen LogP contribution in [0.25, 0.3) is 0 Å². The van der Waals surface area contributed by atoms with E-state index in [1.807, 2.05) is 6.92 Å². The van der Waals surface area contributed by atoms with Crippen LogP contribution in [-0.2, 0) is 9.36 Å². The zero-order valence-corrected chi connectivity index (χ0v) is 41.0. The summed E-state index contributed by atoms with van der Waals surface area (Å²) in [6.45, 7) is 21.2. The van der Waals surface area contributed by atoms with Gasteiger partial charge in [0.25, 0.3) is 0 Å². The van der Waals surface area contributed by atoms with E-state index >= 15 is 0 Å². The number of unbranched alkanes of at least 4 members (excludes halogenated alkanes) is 4. The maximum Gasteiger partial charge on any atom is 0.106 e. The van der Waals surface area contributed by atoms with Crippen LogP contribution in [0.15, 0.2) is 0 Å². The summed E-state index contributed by atoms with van der Waals surface area (Å²) in [5.41, 5.74) is 0.611. The Hall–Kier alpha value is 0.230. The van der Waals surface area contributed by atoms with Crippen molar-refractivity contribution < 1.29 is 14.5 Å². The minimum atomic E-state index is -0.632. The van der Waals surface area contributed by atoms with Crippen molar-refractivity contribution in [1.29, 1.82) is 0 Å². The highest BCUT2D eigenvalue weighted by Gasteiger charge is 2.57. The molecule has 0 aromatic carbocycles. The third kappa shape index (κ3) is 19.4. The third-order valence-corrected chi connectivity index (χ3v) is 17.0. The highest BCUT2D eigenvalue weighted by Crippen LogP contribution is 2.65. The van der Waals surface area contributed by atoms with Gasteiger partial charge in [0.05, 0.1) is 21.7 Å². The number of hydrogen-bond donors (Lipinski definition) is 1. The topological polar surface area (TPSA) is 45.2 Å². The summed E-state index contributed by atoms with van der Waals surface area (Å²) in [6.07, 6.45) is 38.6. The van der Waals surface area contributed by atoms with Gasteiger partial charge < -0.3 is 9.63 Å². The molecule has 3 aliphatic carbocycles. The van der Waals surface area contributed by atoms with Crippen LogP contribution < -0.4 is 0 Å². The second-order valence-corrected chi connectivity index (χ2v) is 21.9. The lowest BCUT2D eigenvalue weighted by Gasteiger charge is -2.43. The van der Waals surface area contributed by atoms with Gasteiger partial charge in [-0.15, -0.1) is 0 Å². The van der Waals surface area contributed by atoms with Gasteiger partial charge in [0, 0.05) is 25.2 Å². The van der Waals surface area contributed by atoms with E-state index in [4.69, 9.17) is 9.36 Å². The van der Waals surface area contributed by atoms with E-state index in [0.29, 0.717) is 30.1 Å². The van der Waals surface area contributed by atoms with Crippen LogP contribution in [-0.4, -0.2) is 58.8 Å². The number of aliphatic hydroxyl groups excluding tert-OH is 1. The predicted octanol–water partition coefficient (Wildman–Crippen LogP) is 15.3. The van der Waals surface area contributed by atoms with Crippen molar-refractivity contribution in [3.63, 3.8) is 0 Å². The van der Waals surface area contributed by atoms with Crippen molar-refractivity contribution in [2.24, 2.45) is 40.9 Å². The predicted molar refractivity (Wildman–Crippen MR) is 250 cm³/mol. The SMILES string of the molecule is CCCCCC(C)CC1(C(C)CCCCC)CC2CC2CCCCCCCCC(N(C)OCC(O)C(C)OPN(C(C)C)C(C)C)CCCCCCCCC2CC21. The van der Waals surface area contributed by atoms with E-state index in [9.17, 15) is 5.11 Å². The first-order valence-corrected chi connectivity index (χ1v) is 26.5. The number of aliphatic hydroxyl groups is 1. The Morgan fingerprint density at radius 1 is 0.649 bits per heavy atom. The van der Waals surface area contributed by atoms with Gasteiger partial charge >= 0.3 is 0 Å². The largest absolute Gasteiger partial charge is 0.388 e. The molecule has 11 unspecified atom stereocenters. The maximum absolute atomic E-state index is 11.0. The van der Waals surface area contributed by atoms with Crippen LogP contribution in [0.5, 0.6) is 0 Å². The summed E-state index contributed by atoms with van der Waals surface area (Å²) in [6, 6.07) is 1.27. The Labute approximate surface area is 359 Å². The number of hydrogen-bond acceptors (Lipinski definition) is 5. The zero-order valence-electron chi connectivity index (χ0n) is 40.0. The molecular weight excluding hydrogens is 720 g/mol. The molecular formula is C51H101N2O3P. The van der Waals surface area contributed by atoms with E-state index in [0.717, 1.165) is 35.5 Å². The Balaban J connectivity index is 1.56. The van der Waals surface area contributed by atoms with Crippen LogP contribution in [0.2, 0.25) is 0 Å². The van der Waals surface area contributed by atoms with Crippen molar-refractivity contribution in [3.05, 3.63) is 0 Å². The fourth-order valence-corrected chi connectivity index (χ4v) is 12.1. The van der Waals surface area contributed by atoms with Crippen LogP contribution in [0.4, 0.5) is 0 Å². The Kier molecular flexibility index (Phi) is 26.0. The van der Waals surface area contributed by atoms with Gasteiger partial charge in [-0.3, -0.25) is 9.51 Å². The molecule has 3 rings (SSSR count). The fraction of sp³-hybridized carbons (Fsp3) is 1.00. The lowest BCUT2D eigenvalue weighted by atomic mass is 9.61. The molecule has 5 nitrogen and oxygen atoms in total. The Morgan fingerprint density at radius 3 is 1.74 bits per heavy atom. The summed E-state index contributed by atoms with van der Waals surface area (Å²) >= 11 is 0. The maximum atomic E-state index is 11.0. The lowest BCUT2D eigenvalue weighted by molar-refractivity contribution is -0.196. The standard InChI is InChI=1S/C51H101N2O3P/c1-11-13-23-29-42(7)37-51(43(8)30-24-14-12-2)38-47-35-45(47)31-25-19-15-17-21-27-33-48(34-28-22-18-16-20-26-32-46-36-49(46)51)52(10)55-39-50(54)44(9)56-57-53(40(3)4)41(5)6/h40-50,54,57H,11-39H2,1-10H3. The first-order chi connectivity index (χ1) is 27.4. The molecule has 0 spiro atoms. The monoisotopic (exact) mass is 821 g/mol. The molecule has 0 aromatic rings. The molecule has 338 valence electrons. The van der Waals surface area contributed by atoms with Crippen LogP contribution >= 0.6 is 8.96 Å². The lowest BCUT2D eigenvalue weighted by Crippen LogP contribution is -2.38. The summed E-state index contributed by atoms with van der Waals surface area (Å²) in [7, 11) is 2.36. The average molecular weight is 821 g/mol. The highest BCUT2D eigenvalue weighted by molar-refractivity contribution is 7.29.